The smallest absolute Gasteiger partial charge is 0.0746 e. The quantitative estimate of drug-likeness (QED) is 0.803. The van der Waals surface area contributed by atoms with Crippen molar-refractivity contribution in [2.45, 2.75) is 25.8 Å². The van der Waals surface area contributed by atoms with Gasteiger partial charge in [-0.25, -0.2) is 0 Å². The van der Waals surface area contributed by atoms with Gasteiger partial charge in [0.1, 0.15) is 0 Å². The molecule has 1 aliphatic rings. The van der Waals surface area contributed by atoms with Gasteiger partial charge in [0.15, 0.2) is 0 Å². The maximum absolute atomic E-state index is 4.59. The van der Waals surface area contributed by atoms with Crippen LogP contribution in [-0.4, -0.2) is 33.2 Å². The zero-order valence-corrected chi connectivity index (χ0v) is 13.3. The summed E-state index contributed by atoms with van der Waals surface area (Å²) < 4.78 is 0. The molecule has 4 heteroatoms. The molecule has 2 aromatic heterocycles. The van der Waals surface area contributed by atoms with Gasteiger partial charge in [-0.05, 0) is 49.4 Å². The Morgan fingerprint density at radius 2 is 2.09 bits per heavy atom. The summed E-state index contributed by atoms with van der Waals surface area (Å²) in [7, 11) is 0. The second-order valence-electron chi connectivity index (χ2n) is 6.52. The van der Waals surface area contributed by atoms with E-state index >= 15 is 0 Å². The van der Waals surface area contributed by atoms with Crippen LogP contribution in [0, 0.1) is 5.92 Å². The third-order valence-electron chi connectivity index (χ3n) is 4.78. The van der Waals surface area contributed by atoms with Gasteiger partial charge >= 0.3 is 0 Å². The van der Waals surface area contributed by atoms with E-state index in [0.717, 1.165) is 25.0 Å². The van der Waals surface area contributed by atoms with Gasteiger partial charge in [0.05, 0.1) is 5.52 Å². The van der Waals surface area contributed by atoms with Crippen LogP contribution in [0.3, 0.4) is 0 Å². The summed E-state index contributed by atoms with van der Waals surface area (Å²) in [4.78, 5) is 7.16. The summed E-state index contributed by atoms with van der Waals surface area (Å²) in [5.74, 6) is 0.715. The summed E-state index contributed by atoms with van der Waals surface area (Å²) in [6.07, 6.45) is 7.42. The SMILES string of the molecule is c1cnc2c(CN3CCCC(Cc4ccn[nH]4)C3)cccc2c1. The molecule has 1 fully saturated rings. The first-order chi connectivity index (χ1) is 11.4. The van der Waals surface area contributed by atoms with Crippen LogP contribution in [0.25, 0.3) is 10.9 Å². The van der Waals surface area contributed by atoms with Crippen molar-refractivity contribution in [3.63, 3.8) is 0 Å². The van der Waals surface area contributed by atoms with E-state index in [1.54, 1.807) is 0 Å². The molecule has 1 atom stereocenters. The maximum Gasteiger partial charge on any atom is 0.0746 e. The number of likely N-dealkylation sites (tertiary alicyclic amines) is 1. The van der Waals surface area contributed by atoms with E-state index in [4.69, 9.17) is 0 Å². The van der Waals surface area contributed by atoms with E-state index in [-0.39, 0.29) is 0 Å². The van der Waals surface area contributed by atoms with E-state index in [2.05, 4.69) is 50.4 Å². The molecule has 0 bridgehead atoms. The molecule has 0 saturated carbocycles. The summed E-state index contributed by atoms with van der Waals surface area (Å²) >= 11 is 0. The van der Waals surface area contributed by atoms with Crippen molar-refractivity contribution < 1.29 is 0 Å². The van der Waals surface area contributed by atoms with Gasteiger partial charge in [0.2, 0.25) is 0 Å². The molecule has 1 saturated heterocycles. The lowest BCUT2D eigenvalue weighted by molar-refractivity contribution is 0.167. The van der Waals surface area contributed by atoms with Crippen molar-refractivity contribution in [2.24, 2.45) is 5.92 Å². The third kappa shape index (κ3) is 3.27. The molecule has 1 unspecified atom stereocenters. The number of nitrogens with one attached hydrogen (secondary N) is 1. The highest BCUT2D eigenvalue weighted by Crippen LogP contribution is 2.23. The first-order valence-electron chi connectivity index (χ1n) is 8.42. The number of pyridine rings is 1. The van der Waals surface area contributed by atoms with Crippen molar-refractivity contribution in [1.82, 2.24) is 20.1 Å². The number of aromatic nitrogens is 3. The second-order valence-corrected chi connectivity index (χ2v) is 6.52. The van der Waals surface area contributed by atoms with E-state index in [9.17, 15) is 0 Å². The zero-order chi connectivity index (χ0) is 15.5. The molecule has 1 aliphatic heterocycles. The monoisotopic (exact) mass is 306 g/mol. The minimum absolute atomic E-state index is 0.715. The number of rotatable bonds is 4. The standard InChI is InChI=1S/C19H22N4/c1-5-16-7-2-9-20-19(16)17(6-1)14-23-11-3-4-15(13-23)12-18-8-10-21-22-18/h1-2,5-10,15H,3-4,11-14H2,(H,21,22). The van der Waals surface area contributed by atoms with E-state index in [1.165, 1.54) is 36.0 Å². The zero-order valence-electron chi connectivity index (χ0n) is 13.3. The Labute approximate surface area is 136 Å². The largest absolute Gasteiger partial charge is 0.299 e. The van der Waals surface area contributed by atoms with Crippen molar-refractivity contribution in [3.8, 4) is 0 Å². The van der Waals surface area contributed by atoms with Crippen molar-refractivity contribution >= 4 is 10.9 Å². The minimum atomic E-state index is 0.715. The fourth-order valence-corrected chi connectivity index (χ4v) is 3.71. The van der Waals surface area contributed by atoms with Crippen molar-refractivity contribution in [3.05, 3.63) is 60.0 Å². The lowest BCUT2D eigenvalue weighted by Crippen LogP contribution is -2.35. The number of hydrogen-bond acceptors (Lipinski definition) is 3. The van der Waals surface area contributed by atoms with Crippen LogP contribution in [0.1, 0.15) is 24.1 Å². The summed E-state index contributed by atoms with van der Waals surface area (Å²) in [5, 5.41) is 8.39. The molecule has 4 rings (SSSR count). The predicted molar refractivity (Wildman–Crippen MR) is 92.0 cm³/mol. The Hall–Kier alpha value is -2.20. The lowest BCUT2D eigenvalue weighted by Gasteiger charge is -2.32. The highest BCUT2D eigenvalue weighted by atomic mass is 15.1. The Bertz CT molecular complexity index is 761. The van der Waals surface area contributed by atoms with Gasteiger partial charge in [0.25, 0.3) is 0 Å². The lowest BCUT2D eigenvalue weighted by atomic mass is 9.93. The van der Waals surface area contributed by atoms with Crippen LogP contribution in [0.15, 0.2) is 48.8 Å². The van der Waals surface area contributed by atoms with Crippen LogP contribution >= 0.6 is 0 Å². The average Bonchev–Trinajstić information content (AvgIpc) is 3.09. The van der Waals surface area contributed by atoms with Crippen LogP contribution in [0.2, 0.25) is 0 Å². The van der Waals surface area contributed by atoms with Crippen LogP contribution in [0.4, 0.5) is 0 Å². The molecule has 0 aliphatic carbocycles. The number of para-hydroxylation sites is 1. The molecule has 0 amide bonds. The van der Waals surface area contributed by atoms with Gasteiger partial charge in [-0.1, -0.05) is 24.3 Å². The third-order valence-corrected chi connectivity index (χ3v) is 4.78. The van der Waals surface area contributed by atoms with Crippen LogP contribution < -0.4 is 0 Å². The Kier molecular flexibility index (Phi) is 4.07. The number of benzene rings is 1. The summed E-state index contributed by atoms with van der Waals surface area (Å²) in [6.45, 7) is 3.33. The molecule has 3 aromatic rings. The second kappa shape index (κ2) is 6.50. The molecule has 4 nitrogen and oxygen atoms in total. The number of H-pyrrole nitrogens is 1. The average molecular weight is 306 g/mol. The molecule has 23 heavy (non-hydrogen) atoms. The topological polar surface area (TPSA) is 44.8 Å². The molecule has 1 aromatic carbocycles. The highest BCUT2D eigenvalue weighted by molar-refractivity contribution is 5.81. The van der Waals surface area contributed by atoms with Crippen molar-refractivity contribution in [1.29, 1.82) is 0 Å². The molecular formula is C19H22N4. The Morgan fingerprint density at radius 1 is 1.13 bits per heavy atom. The van der Waals surface area contributed by atoms with E-state index < -0.39 is 0 Å². The van der Waals surface area contributed by atoms with Gasteiger partial charge in [-0.3, -0.25) is 15.0 Å². The fraction of sp³-hybridized carbons (Fsp3) is 0.368. The van der Waals surface area contributed by atoms with Gasteiger partial charge in [-0.2, -0.15) is 5.10 Å². The summed E-state index contributed by atoms with van der Waals surface area (Å²) in [5.41, 5.74) is 3.74. The number of fused-ring (bicyclic) bond motifs is 1. The molecule has 0 radical (unpaired) electrons. The van der Waals surface area contributed by atoms with Crippen LogP contribution in [-0.2, 0) is 13.0 Å². The highest BCUT2D eigenvalue weighted by Gasteiger charge is 2.21. The minimum Gasteiger partial charge on any atom is -0.299 e. The van der Waals surface area contributed by atoms with Gasteiger partial charge in [0, 0.05) is 36.6 Å². The maximum atomic E-state index is 4.59. The molecule has 3 heterocycles. The fourth-order valence-electron chi connectivity index (χ4n) is 3.71. The first kappa shape index (κ1) is 14.4. The molecule has 118 valence electrons. The van der Waals surface area contributed by atoms with E-state index in [0.29, 0.717) is 5.92 Å². The molecule has 1 N–H and O–H groups in total. The van der Waals surface area contributed by atoms with Crippen LogP contribution in [0.5, 0.6) is 0 Å². The number of piperidine rings is 1. The number of aromatic amines is 1. The van der Waals surface area contributed by atoms with Crippen molar-refractivity contribution in [2.75, 3.05) is 13.1 Å². The van der Waals surface area contributed by atoms with Gasteiger partial charge < -0.3 is 0 Å². The first-order valence-corrected chi connectivity index (χ1v) is 8.42. The van der Waals surface area contributed by atoms with E-state index in [1.807, 2.05) is 18.5 Å². The number of hydrogen-bond donors (Lipinski definition) is 1. The Morgan fingerprint density at radius 3 is 3.00 bits per heavy atom. The predicted octanol–water partition coefficient (Wildman–Crippen LogP) is 3.41. The Balaban J connectivity index is 1.47. The van der Waals surface area contributed by atoms with Gasteiger partial charge in [-0.15, -0.1) is 0 Å². The summed E-state index contributed by atoms with van der Waals surface area (Å²) in [6, 6.07) is 12.7. The molecular weight excluding hydrogens is 284 g/mol. The normalized spacial score (nSPS) is 19.2. The molecule has 0 spiro atoms. The number of nitrogens with zero attached hydrogens (tertiary/aromatic N) is 3.